The monoisotopic (exact) mass is 317 g/mol. The minimum absolute atomic E-state index is 0.217. The Hall–Kier alpha value is -0.960. The third kappa shape index (κ3) is 7.03. The molecule has 0 aliphatic heterocycles. The quantitative estimate of drug-likeness (QED) is 0.613. The maximum atomic E-state index is 12.2. The van der Waals surface area contributed by atoms with E-state index in [1.807, 2.05) is 19.2 Å². The molecule has 0 bridgehead atoms. The molecule has 1 rings (SSSR count). The summed E-state index contributed by atoms with van der Waals surface area (Å²) < 4.78 is 30.0. The summed E-state index contributed by atoms with van der Waals surface area (Å²) in [6.07, 6.45) is 4.27. The summed E-state index contributed by atoms with van der Waals surface area (Å²) in [5.41, 5.74) is 0. The second kappa shape index (κ2) is 8.47. The third-order valence-electron chi connectivity index (χ3n) is 2.98. The molecule has 122 valence electrons. The van der Waals surface area contributed by atoms with Gasteiger partial charge in [-0.1, -0.05) is 13.8 Å². The van der Waals surface area contributed by atoms with Gasteiger partial charge in [0.2, 0.25) is 0 Å². The van der Waals surface area contributed by atoms with Crippen molar-refractivity contribution < 1.29 is 8.42 Å². The van der Waals surface area contributed by atoms with Crippen LogP contribution in [0.5, 0.6) is 0 Å². The maximum absolute atomic E-state index is 12.2. The molecule has 1 aromatic heterocycles. The van der Waals surface area contributed by atoms with Gasteiger partial charge in [0.1, 0.15) is 0 Å². The second-order valence-electron chi connectivity index (χ2n) is 5.54. The average Bonchev–Trinajstić information content (AvgIpc) is 2.85. The van der Waals surface area contributed by atoms with E-state index in [1.54, 1.807) is 17.9 Å². The minimum atomic E-state index is -3.45. The van der Waals surface area contributed by atoms with Crippen molar-refractivity contribution in [2.45, 2.75) is 45.8 Å². The van der Waals surface area contributed by atoms with Gasteiger partial charge >= 0.3 is 0 Å². The Morgan fingerprint density at radius 1 is 1.33 bits per heavy atom. The van der Waals surface area contributed by atoms with E-state index < -0.39 is 10.2 Å². The summed E-state index contributed by atoms with van der Waals surface area (Å²) in [5.74, 6) is 0. The van der Waals surface area contributed by atoms with Crippen molar-refractivity contribution in [1.82, 2.24) is 24.1 Å². The average molecular weight is 317 g/mol. The zero-order valence-corrected chi connectivity index (χ0v) is 14.1. The molecule has 8 heteroatoms. The summed E-state index contributed by atoms with van der Waals surface area (Å²) in [7, 11) is -1.85. The molecule has 1 aromatic rings. The number of aromatic nitrogens is 2. The Kier molecular flexibility index (Phi) is 7.30. The van der Waals surface area contributed by atoms with Crippen LogP contribution in [0.25, 0.3) is 0 Å². The molecular formula is C13H27N5O2S. The van der Waals surface area contributed by atoms with Gasteiger partial charge in [-0.2, -0.15) is 22.5 Å². The highest BCUT2D eigenvalue weighted by molar-refractivity contribution is 7.87. The lowest BCUT2D eigenvalue weighted by Crippen LogP contribution is -2.44. The molecule has 0 amide bonds. The maximum Gasteiger partial charge on any atom is 0.279 e. The fourth-order valence-corrected chi connectivity index (χ4v) is 3.02. The molecule has 0 spiro atoms. The molecule has 0 aliphatic carbocycles. The predicted molar refractivity (Wildman–Crippen MR) is 84.1 cm³/mol. The third-order valence-corrected chi connectivity index (χ3v) is 4.69. The van der Waals surface area contributed by atoms with Crippen molar-refractivity contribution in [3.05, 3.63) is 18.5 Å². The van der Waals surface area contributed by atoms with Crippen LogP contribution in [0.2, 0.25) is 0 Å². The van der Waals surface area contributed by atoms with Crippen LogP contribution in [0.4, 0.5) is 0 Å². The first-order valence-corrected chi connectivity index (χ1v) is 8.69. The Morgan fingerprint density at radius 3 is 2.62 bits per heavy atom. The zero-order valence-electron chi connectivity index (χ0n) is 13.3. The first-order chi connectivity index (χ1) is 9.81. The van der Waals surface area contributed by atoms with E-state index in [2.05, 4.69) is 29.0 Å². The number of hydrogen-bond acceptors (Lipinski definition) is 4. The van der Waals surface area contributed by atoms with Gasteiger partial charge in [-0.3, -0.25) is 4.68 Å². The molecule has 1 heterocycles. The highest BCUT2D eigenvalue weighted by atomic mass is 32.2. The summed E-state index contributed by atoms with van der Waals surface area (Å²) >= 11 is 0. The van der Waals surface area contributed by atoms with Gasteiger partial charge in [-0.15, -0.1) is 0 Å². The highest BCUT2D eigenvalue weighted by Crippen LogP contribution is 1.99. The molecule has 21 heavy (non-hydrogen) atoms. The van der Waals surface area contributed by atoms with E-state index in [0.29, 0.717) is 19.1 Å². The lowest BCUT2D eigenvalue weighted by Gasteiger charge is -2.21. The largest absolute Gasteiger partial charge is 0.314 e. The van der Waals surface area contributed by atoms with Crippen molar-refractivity contribution in [2.75, 3.05) is 20.1 Å². The SMILES string of the molecule is CC(C)NCCCN(C)S(=O)(=O)NC(C)Cn1cccn1. The lowest BCUT2D eigenvalue weighted by atomic mass is 10.3. The fourth-order valence-electron chi connectivity index (χ4n) is 1.88. The molecule has 0 saturated carbocycles. The van der Waals surface area contributed by atoms with Crippen LogP contribution in [-0.4, -0.2) is 54.7 Å². The molecule has 1 unspecified atom stereocenters. The Labute approximate surface area is 127 Å². The number of nitrogens with one attached hydrogen (secondary N) is 2. The van der Waals surface area contributed by atoms with Gasteiger partial charge in [0.25, 0.3) is 10.2 Å². The van der Waals surface area contributed by atoms with E-state index >= 15 is 0 Å². The predicted octanol–water partition coefficient (Wildman–Crippen LogP) is 0.426. The molecule has 0 aliphatic rings. The molecule has 0 radical (unpaired) electrons. The topological polar surface area (TPSA) is 79.3 Å². The summed E-state index contributed by atoms with van der Waals surface area (Å²) in [6, 6.07) is 2.01. The van der Waals surface area contributed by atoms with Crippen molar-refractivity contribution in [2.24, 2.45) is 0 Å². The normalized spacial score (nSPS) is 14.0. The first-order valence-electron chi connectivity index (χ1n) is 7.25. The number of hydrogen-bond donors (Lipinski definition) is 2. The number of rotatable bonds is 10. The molecule has 0 fully saturated rings. The van der Waals surface area contributed by atoms with Gasteiger partial charge in [0.05, 0.1) is 6.54 Å². The van der Waals surface area contributed by atoms with Crippen LogP contribution >= 0.6 is 0 Å². The molecule has 0 saturated heterocycles. The van der Waals surface area contributed by atoms with Crippen molar-refractivity contribution in [3.8, 4) is 0 Å². The molecule has 1 atom stereocenters. The smallest absolute Gasteiger partial charge is 0.279 e. The Balaban J connectivity index is 2.37. The van der Waals surface area contributed by atoms with Crippen LogP contribution in [0.15, 0.2) is 18.5 Å². The first kappa shape index (κ1) is 18.1. The van der Waals surface area contributed by atoms with Crippen LogP contribution < -0.4 is 10.0 Å². The van der Waals surface area contributed by atoms with Crippen molar-refractivity contribution in [1.29, 1.82) is 0 Å². The van der Waals surface area contributed by atoms with Gasteiger partial charge in [-0.05, 0) is 26.0 Å². The standard InChI is InChI=1S/C13H27N5O2S/c1-12(2)14-7-5-9-17(4)21(19,20)16-13(3)11-18-10-6-8-15-18/h6,8,10,12-14,16H,5,7,9,11H2,1-4H3. The van der Waals surface area contributed by atoms with E-state index in [1.165, 1.54) is 4.31 Å². The van der Waals surface area contributed by atoms with Gasteiger partial charge in [0, 0.05) is 38.1 Å². The van der Waals surface area contributed by atoms with Crippen LogP contribution in [-0.2, 0) is 16.8 Å². The summed E-state index contributed by atoms with van der Waals surface area (Å²) in [5, 5.41) is 7.34. The van der Waals surface area contributed by atoms with Gasteiger partial charge < -0.3 is 5.32 Å². The van der Waals surface area contributed by atoms with E-state index in [0.717, 1.165) is 13.0 Å². The number of nitrogens with zero attached hydrogens (tertiary/aromatic N) is 3. The minimum Gasteiger partial charge on any atom is -0.314 e. The molecule has 7 nitrogen and oxygen atoms in total. The second-order valence-corrected chi connectivity index (χ2v) is 7.35. The van der Waals surface area contributed by atoms with Crippen LogP contribution in [0.1, 0.15) is 27.2 Å². The van der Waals surface area contributed by atoms with Gasteiger partial charge in [0.15, 0.2) is 0 Å². The Bertz CT molecular complexity index is 487. The fraction of sp³-hybridized carbons (Fsp3) is 0.769. The zero-order chi connectivity index (χ0) is 15.9. The van der Waals surface area contributed by atoms with Crippen LogP contribution in [0, 0.1) is 0 Å². The molecular weight excluding hydrogens is 290 g/mol. The summed E-state index contributed by atoms with van der Waals surface area (Å²) in [6.45, 7) is 7.77. The van der Waals surface area contributed by atoms with Crippen molar-refractivity contribution in [3.63, 3.8) is 0 Å². The van der Waals surface area contributed by atoms with E-state index in [-0.39, 0.29) is 6.04 Å². The Morgan fingerprint density at radius 2 is 2.05 bits per heavy atom. The van der Waals surface area contributed by atoms with Crippen LogP contribution in [0.3, 0.4) is 0 Å². The summed E-state index contributed by atoms with van der Waals surface area (Å²) in [4.78, 5) is 0. The molecule has 2 N–H and O–H groups in total. The molecule has 0 aromatic carbocycles. The van der Waals surface area contributed by atoms with E-state index in [9.17, 15) is 8.42 Å². The lowest BCUT2D eigenvalue weighted by molar-refractivity contribution is 0.422. The van der Waals surface area contributed by atoms with E-state index in [4.69, 9.17) is 0 Å². The van der Waals surface area contributed by atoms with Gasteiger partial charge in [-0.25, -0.2) is 0 Å². The highest BCUT2D eigenvalue weighted by Gasteiger charge is 2.20. The van der Waals surface area contributed by atoms with Crippen molar-refractivity contribution >= 4 is 10.2 Å².